The highest BCUT2D eigenvalue weighted by atomic mass is 16.1. The molecule has 0 amide bonds. The maximum atomic E-state index is 13.0. The van der Waals surface area contributed by atoms with Gasteiger partial charge in [-0.15, -0.1) is 5.10 Å². The molecule has 1 fully saturated rings. The van der Waals surface area contributed by atoms with Crippen molar-refractivity contribution < 1.29 is 4.79 Å². The van der Waals surface area contributed by atoms with Crippen LogP contribution >= 0.6 is 0 Å². The predicted octanol–water partition coefficient (Wildman–Crippen LogP) is 2.00. The molecule has 0 spiro atoms. The van der Waals surface area contributed by atoms with Crippen molar-refractivity contribution >= 4 is 22.5 Å². The van der Waals surface area contributed by atoms with E-state index in [-0.39, 0.29) is 12.2 Å². The Bertz CT molecular complexity index is 1280. The van der Waals surface area contributed by atoms with Crippen LogP contribution in [0.25, 0.3) is 22.3 Å². The molecule has 0 aliphatic carbocycles. The summed E-state index contributed by atoms with van der Waals surface area (Å²) in [4.78, 5) is 31.2. The van der Waals surface area contributed by atoms with Gasteiger partial charge in [0.1, 0.15) is 11.5 Å². The van der Waals surface area contributed by atoms with Gasteiger partial charge in [-0.2, -0.15) is 0 Å². The molecule has 0 saturated carbocycles. The number of piperazine rings is 1. The number of likely N-dealkylation sites (N-methyl/N-ethyl adjacent to an activating group) is 1. The molecule has 9 nitrogen and oxygen atoms in total. The average Bonchev–Trinajstić information content (AvgIpc) is 3.25. The maximum absolute atomic E-state index is 13.0. The Hall–Kier alpha value is -3.72. The Balaban J connectivity index is 1.36. The number of carbonyl (C=O) groups is 1. The third-order valence-electron chi connectivity index (χ3n) is 5.73. The van der Waals surface area contributed by atoms with Gasteiger partial charge in [0.15, 0.2) is 5.78 Å². The van der Waals surface area contributed by atoms with Gasteiger partial charge in [0.2, 0.25) is 0 Å². The molecule has 0 atom stereocenters. The molecule has 1 aliphatic heterocycles. The lowest BCUT2D eigenvalue weighted by atomic mass is 10.1. The fourth-order valence-electron chi connectivity index (χ4n) is 3.83. The number of hydrogen-bond donors (Lipinski definition) is 0. The summed E-state index contributed by atoms with van der Waals surface area (Å²) >= 11 is 0. The van der Waals surface area contributed by atoms with Crippen LogP contribution in [0, 0.1) is 0 Å². The number of nitrogens with zero attached hydrogens (tertiary/aromatic N) is 8. The van der Waals surface area contributed by atoms with E-state index in [0.29, 0.717) is 17.0 Å². The minimum Gasteiger partial charge on any atom is -0.354 e. The van der Waals surface area contributed by atoms with E-state index < -0.39 is 0 Å². The van der Waals surface area contributed by atoms with Crippen LogP contribution in [0.3, 0.4) is 0 Å². The third kappa shape index (κ3) is 4.19. The fourth-order valence-corrected chi connectivity index (χ4v) is 3.83. The van der Waals surface area contributed by atoms with Crippen molar-refractivity contribution in [3.63, 3.8) is 0 Å². The van der Waals surface area contributed by atoms with E-state index in [9.17, 15) is 4.79 Å². The number of aryl methyl sites for hydroxylation is 1. The normalized spacial score (nSPS) is 14.8. The van der Waals surface area contributed by atoms with Gasteiger partial charge in [-0.1, -0.05) is 5.21 Å². The van der Waals surface area contributed by atoms with Gasteiger partial charge in [-0.25, -0.2) is 9.97 Å². The van der Waals surface area contributed by atoms with Crippen LogP contribution in [0.4, 0.5) is 5.82 Å². The second-order valence-corrected chi connectivity index (χ2v) is 8.14. The standard InChI is InChI=1S/C23H24N8O/c1-29-7-9-31(10-8-29)23-11-16(5-6-24-23)22(32)13-18-12-20-17(14-25-18)3-4-19(26-20)21-15-30(2)28-27-21/h3-6,11-12,14-15H,7-10,13H2,1-2H3. The zero-order valence-corrected chi connectivity index (χ0v) is 18.1. The van der Waals surface area contributed by atoms with Gasteiger partial charge in [-0.05, 0) is 37.4 Å². The highest BCUT2D eigenvalue weighted by molar-refractivity contribution is 5.98. The van der Waals surface area contributed by atoms with Crippen molar-refractivity contribution in [2.75, 3.05) is 38.1 Å². The number of fused-ring (bicyclic) bond motifs is 1. The lowest BCUT2D eigenvalue weighted by molar-refractivity contribution is 0.0992. The van der Waals surface area contributed by atoms with E-state index in [1.54, 1.807) is 23.1 Å². The Morgan fingerprint density at radius 3 is 2.62 bits per heavy atom. The molecule has 9 heteroatoms. The van der Waals surface area contributed by atoms with Crippen molar-refractivity contribution in [1.82, 2.24) is 34.8 Å². The summed E-state index contributed by atoms with van der Waals surface area (Å²) in [6, 6.07) is 9.38. The first-order valence-corrected chi connectivity index (χ1v) is 10.6. The zero-order chi connectivity index (χ0) is 22.1. The van der Waals surface area contributed by atoms with Gasteiger partial charge < -0.3 is 9.80 Å². The predicted molar refractivity (Wildman–Crippen MR) is 122 cm³/mol. The lowest BCUT2D eigenvalue weighted by Crippen LogP contribution is -2.44. The number of aromatic nitrogens is 6. The van der Waals surface area contributed by atoms with Gasteiger partial charge in [0.05, 0.1) is 29.5 Å². The van der Waals surface area contributed by atoms with E-state index in [1.807, 2.05) is 37.5 Å². The summed E-state index contributed by atoms with van der Waals surface area (Å²) in [5, 5.41) is 9.00. The molecule has 4 aromatic heterocycles. The number of pyridine rings is 3. The molecule has 32 heavy (non-hydrogen) atoms. The van der Waals surface area contributed by atoms with Crippen LogP contribution < -0.4 is 4.90 Å². The lowest BCUT2D eigenvalue weighted by Gasteiger charge is -2.33. The Labute approximate surface area is 185 Å². The van der Waals surface area contributed by atoms with Crippen LogP contribution in [-0.2, 0) is 13.5 Å². The topological polar surface area (TPSA) is 92.9 Å². The van der Waals surface area contributed by atoms with E-state index in [0.717, 1.165) is 48.6 Å². The highest BCUT2D eigenvalue weighted by Crippen LogP contribution is 2.20. The molecule has 162 valence electrons. The average molecular weight is 429 g/mol. The number of anilines is 1. The molecule has 0 bridgehead atoms. The van der Waals surface area contributed by atoms with Crippen molar-refractivity contribution in [1.29, 1.82) is 0 Å². The SMILES string of the molecule is CN1CCN(c2cc(C(=O)Cc3cc4nc(-c5cn(C)nn5)ccc4cn3)ccn2)CC1. The van der Waals surface area contributed by atoms with Crippen LogP contribution in [0.15, 0.2) is 48.9 Å². The molecule has 0 unspecified atom stereocenters. The molecule has 0 aromatic carbocycles. The van der Waals surface area contributed by atoms with E-state index >= 15 is 0 Å². The monoisotopic (exact) mass is 428 g/mol. The molecule has 5 rings (SSSR count). The fraction of sp³-hybridized carbons (Fsp3) is 0.304. The summed E-state index contributed by atoms with van der Waals surface area (Å²) < 4.78 is 1.64. The number of carbonyl (C=O) groups excluding carboxylic acids is 1. The minimum absolute atomic E-state index is 0.0136. The summed E-state index contributed by atoms with van der Waals surface area (Å²) in [7, 11) is 3.94. The third-order valence-corrected chi connectivity index (χ3v) is 5.73. The van der Waals surface area contributed by atoms with Crippen molar-refractivity contribution in [2.45, 2.75) is 6.42 Å². The first-order chi connectivity index (χ1) is 15.5. The summed E-state index contributed by atoms with van der Waals surface area (Å²) in [6.45, 7) is 3.80. The molecule has 4 aromatic rings. The second-order valence-electron chi connectivity index (χ2n) is 8.14. The molecule has 0 radical (unpaired) electrons. The van der Waals surface area contributed by atoms with Crippen LogP contribution in [0.2, 0.25) is 0 Å². The first kappa shape index (κ1) is 20.2. The largest absolute Gasteiger partial charge is 0.354 e. The van der Waals surface area contributed by atoms with E-state index in [1.165, 1.54) is 0 Å². The second kappa shape index (κ2) is 8.43. The Morgan fingerprint density at radius 2 is 1.84 bits per heavy atom. The molecule has 1 aliphatic rings. The zero-order valence-electron chi connectivity index (χ0n) is 18.1. The van der Waals surface area contributed by atoms with Crippen LogP contribution in [0.5, 0.6) is 0 Å². The number of rotatable bonds is 5. The number of ketones is 1. The van der Waals surface area contributed by atoms with Crippen molar-refractivity contribution in [3.05, 3.63) is 60.2 Å². The molecule has 0 N–H and O–H groups in total. The quantitative estimate of drug-likeness (QED) is 0.446. The van der Waals surface area contributed by atoms with Gasteiger partial charge in [0, 0.05) is 56.6 Å². The van der Waals surface area contributed by atoms with Gasteiger partial charge in [0.25, 0.3) is 0 Å². The maximum Gasteiger partial charge on any atom is 0.169 e. The van der Waals surface area contributed by atoms with Gasteiger partial charge in [-0.3, -0.25) is 14.5 Å². The molecule has 1 saturated heterocycles. The molecular weight excluding hydrogens is 404 g/mol. The van der Waals surface area contributed by atoms with Crippen LogP contribution in [0.1, 0.15) is 16.1 Å². The smallest absolute Gasteiger partial charge is 0.169 e. The molecule has 5 heterocycles. The Kier molecular flexibility index (Phi) is 5.32. The van der Waals surface area contributed by atoms with Crippen LogP contribution in [-0.4, -0.2) is 73.9 Å². The van der Waals surface area contributed by atoms with Crippen molar-refractivity contribution in [2.24, 2.45) is 7.05 Å². The number of Topliss-reactive ketones (excluding diaryl/α,β-unsaturated/α-hetero) is 1. The molecular formula is C23H24N8O. The number of hydrogen-bond acceptors (Lipinski definition) is 8. The highest BCUT2D eigenvalue weighted by Gasteiger charge is 2.17. The van der Waals surface area contributed by atoms with Gasteiger partial charge >= 0.3 is 0 Å². The van der Waals surface area contributed by atoms with Crippen molar-refractivity contribution in [3.8, 4) is 11.4 Å². The summed E-state index contributed by atoms with van der Waals surface area (Å²) in [5.41, 5.74) is 3.55. The van der Waals surface area contributed by atoms with E-state index in [2.05, 4.69) is 37.1 Å². The first-order valence-electron chi connectivity index (χ1n) is 10.6. The minimum atomic E-state index is 0.0136. The Morgan fingerprint density at radius 1 is 1.00 bits per heavy atom. The summed E-state index contributed by atoms with van der Waals surface area (Å²) in [6.07, 6.45) is 5.50. The summed E-state index contributed by atoms with van der Waals surface area (Å²) in [5.74, 6) is 0.866. The van der Waals surface area contributed by atoms with E-state index in [4.69, 9.17) is 4.98 Å².